The lowest BCUT2D eigenvalue weighted by Gasteiger charge is -2.35. The summed E-state index contributed by atoms with van der Waals surface area (Å²) in [6.07, 6.45) is 2.29. The van der Waals surface area contributed by atoms with Crippen molar-refractivity contribution < 1.29 is 4.74 Å². The van der Waals surface area contributed by atoms with Crippen molar-refractivity contribution in [3.8, 4) is 0 Å². The van der Waals surface area contributed by atoms with Crippen molar-refractivity contribution in [1.29, 1.82) is 0 Å². The van der Waals surface area contributed by atoms with Crippen LogP contribution in [0.1, 0.15) is 0 Å². The van der Waals surface area contributed by atoms with Crippen molar-refractivity contribution in [3.63, 3.8) is 0 Å². The van der Waals surface area contributed by atoms with E-state index in [2.05, 4.69) is 11.9 Å². The van der Waals surface area contributed by atoms with Gasteiger partial charge in [-0.25, -0.2) is 0 Å². The molecule has 2 nitrogen and oxygen atoms in total. The van der Waals surface area contributed by atoms with Crippen LogP contribution in [0, 0.1) is 0 Å². The second-order valence-electron chi connectivity index (χ2n) is 2.42. The van der Waals surface area contributed by atoms with Crippen LogP contribution >= 0.6 is 24.0 Å². The summed E-state index contributed by atoms with van der Waals surface area (Å²) in [5.41, 5.74) is 0. The zero-order valence-electron chi connectivity index (χ0n) is 6.16. The minimum atomic E-state index is 0.352. The number of hydrogen-bond donors (Lipinski definition) is 0. The fourth-order valence-electron chi connectivity index (χ4n) is 0.901. The third kappa shape index (κ3) is 2.11. The third-order valence-electron chi connectivity index (χ3n) is 1.46. The molecule has 0 aliphatic carbocycles. The van der Waals surface area contributed by atoms with Crippen LogP contribution in [0.15, 0.2) is 0 Å². The van der Waals surface area contributed by atoms with Crippen LogP contribution in [0.5, 0.6) is 0 Å². The van der Waals surface area contributed by atoms with Crippen LogP contribution in [-0.4, -0.2) is 41.8 Å². The fourth-order valence-corrected chi connectivity index (χ4v) is 1.27. The van der Waals surface area contributed by atoms with E-state index in [1.807, 2.05) is 6.26 Å². The normalized spacial score (nSPS) is 20.2. The quantitative estimate of drug-likeness (QED) is 0.553. The highest BCUT2D eigenvalue weighted by molar-refractivity contribution is 8.22. The van der Waals surface area contributed by atoms with Crippen LogP contribution in [-0.2, 0) is 4.74 Å². The molecule has 0 N–H and O–H groups in total. The molecule has 0 unspecified atom stereocenters. The second-order valence-corrected chi connectivity index (χ2v) is 3.82. The maximum absolute atomic E-state index is 5.36. The molecule has 1 aliphatic heterocycles. The van der Waals surface area contributed by atoms with Gasteiger partial charge in [0.1, 0.15) is 6.10 Å². The molecule has 0 aromatic heterocycles. The lowest BCUT2D eigenvalue weighted by molar-refractivity contribution is 0.0355. The Kier molecular flexibility index (Phi) is 2.95. The summed E-state index contributed by atoms with van der Waals surface area (Å²) in [5.74, 6) is 0. The summed E-state index contributed by atoms with van der Waals surface area (Å²) >= 11 is 6.39. The zero-order valence-corrected chi connectivity index (χ0v) is 7.80. The number of likely N-dealkylation sites (N-methyl/N-ethyl adjacent to an activating group) is 1. The summed E-state index contributed by atoms with van der Waals surface area (Å²) in [7, 11) is 2.07. The van der Waals surface area contributed by atoms with Crippen molar-refractivity contribution in [2.75, 3.05) is 26.4 Å². The Morgan fingerprint density at radius 3 is 2.70 bits per heavy atom. The van der Waals surface area contributed by atoms with Gasteiger partial charge in [-0.2, -0.15) is 0 Å². The maximum Gasteiger partial charge on any atom is 0.220 e. The molecular formula is C6H11NOS2. The molecule has 58 valence electrons. The van der Waals surface area contributed by atoms with Crippen LogP contribution in [0.4, 0.5) is 0 Å². The molecule has 4 heteroatoms. The van der Waals surface area contributed by atoms with Gasteiger partial charge in [0.2, 0.25) is 4.38 Å². The predicted molar refractivity (Wildman–Crippen MR) is 48.5 cm³/mol. The maximum atomic E-state index is 5.36. The van der Waals surface area contributed by atoms with Crippen LogP contribution in [0.25, 0.3) is 0 Å². The Morgan fingerprint density at radius 2 is 2.30 bits per heavy atom. The Bertz CT molecular complexity index is 134. The summed E-state index contributed by atoms with van der Waals surface area (Å²) in [6.45, 7) is 2.03. The average Bonchev–Trinajstić information content (AvgIpc) is 1.84. The number of likely N-dealkylation sites (tertiary alicyclic amines) is 1. The lowest BCUT2D eigenvalue weighted by Crippen LogP contribution is -2.50. The Hall–Kier alpha value is 0.200. The van der Waals surface area contributed by atoms with Crippen molar-refractivity contribution in [2.45, 2.75) is 6.10 Å². The van der Waals surface area contributed by atoms with E-state index in [0.29, 0.717) is 10.5 Å². The number of ether oxygens (including phenoxy) is 1. The van der Waals surface area contributed by atoms with E-state index in [1.165, 1.54) is 11.8 Å². The van der Waals surface area contributed by atoms with E-state index in [0.717, 1.165) is 13.1 Å². The molecule has 10 heavy (non-hydrogen) atoms. The average molecular weight is 177 g/mol. The first-order valence-corrected chi connectivity index (χ1v) is 4.79. The predicted octanol–water partition coefficient (Wildman–Crippen LogP) is 0.965. The van der Waals surface area contributed by atoms with Crippen LogP contribution in [0.2, 0.25) is 0 Å². The number of hydrogen-bond acceptors (Lipinski definition) is 4. The molecule has 0 amide bonds. The van der Waals surface area contributed by atoms with Gasteiger partial charge in [0.15, 0.2) is 0 Å². The van der Waals surface area contributed by atoms with Crippen molar-refractivity contribution in [3.05, 3.63) is 0 Å². The van der Waals surface area contributed by atoms with Gasteiger partial charge in [-0.3, -0.25) is 4.90 Å². The van der Waals surface area contributed by atoms with Crippen LogP contribution < -0.4 is 0 Å². The van der Waals surface area contributed by atoms with Gasteiger partial charge >= 0.3 is 0 Å². The minimum Gasteiger partial charge on any atom is -0.473 e. The molecule has 1 fully saturated rings. The first-order chi connectivity index (χ1) is 4.72. The van der Waals surface area contributed by atoms with Crippen molar-refractivity contribution in [2.24, 2.45) is 0 Å². The van der Waals surface area contributed by atoms with Gasteiger partial charge in [0.05, 0.1) is 0 Å². The van der Waals surface area contributed by atoms with E-state index in [9.17, 15) is 0 Å². The van der Waals surface area contributed by atoms with Gasteiger partial charge in [0, 0.05) is 13.1 Å². The SMILES string of the molecule is CSC(=S)OC1CN(C)C1. The number of rotatable bonds is 1. The van der Waals surface area contributed by atoms with Gasteiger partial charge in [-0.05, 0) is 25.5 Å². The molecule has 1 heterocycles. The summed E-state index contributed by atoms with van der Waals surface area (Å²) < 4.78 is 6.02. The highest BCUT2D eigenvalue weighted by atomic mass is 32.2. The van der Waals surface area contributed by atoms with Gasteiger partial charge in [-0.15, -0.1) is 0 Å². The van der Waals surface area contributed by atoms with Gasteiger partial charge in [-0.1, -0.05) is 11.8 Å². The van der Waals surface area contributed by atoms with Crippen molar-refractivity contribution in [1.82, 2.24) is 4.90 Å². The smallest absolute Gasteiger partial charge is 0.220 e. The standard InChI is InChI=1S/C6H11NOS2/c1-7-3-5(4-7)8-6(9)10-2/h5H,3-4H2,1-2H3. The summed E-state index contributed by atoms with van der Waals surface area (Å²) in [5, 5.41) is 0. The molecule has 1 aliphatic rings. The number of nitrogens with zero attached hydrogens (tertiary/aromatic N) is 1. The molecule has 0 spiro atoms. The minimum absolute atomic E-state index is 0.352. The van der Waals surface area contributed by atoms with E-state index in [-0.39, 0.29) is 0 Å². The molecule has 0 aromatic carbocycles. The Balaban J connectivity index is 2.10. The lowest BCUT2D eigenvalue weighted by atomic mass is 10.2. The zero-order chi connectivity index (χ0) is 7.56. The molecule has 0 atom stereocenters. The Labute approximate surface area is 70.9 Å². The number of thiocarbonyl (C=S) groups is 1. The Morgan fingerprint density at radius 1 is 1.70 bits per heavy atom. The first kappa shape index (κ1) is 8.30. The van der Waals surface area contributed by atoms with E-state index < -0.39 is 0 Å². The third-order valence-corrected chi connectivity index (χ3v) is 2.49. The largest absolute Gasteiger partial charge is 0.473 e. The van der Waals surface area contributed by atoms with Gasteiger partial charge < -0.3 is 4.74 Å². The van der Waals surface area contributed by atoms with E-state index >= 15 is 0 Å². The van der Waals surface area contributed by atoms with E-state index in [4.69, 9.17) is 17.0 Å². The van der Waals surface area contributed by atoms with Crippen LogP contribution in [0.3, 0.4) is 0 Å². The van der Waals surface area contributed by atoms with Gasteiger partial charge in [0.25, 0.3) is 0 Å². The first-order valence-electron chi connectivity index (χ1n) is 3.15. The number of thioether (sulfide) groups is 1. The van der Waals surface area contributed by atoms with E-state index in [1.54, 1.807) is 0 Å². The highest BCUT2D eigenvalue weighted by Crippen LogP contribution is 2.12. The summed E-state index contributed by atoms with van der Waals surface area (Å²) in [6, 6.07) is 0. The topological polar surface area (TPSA) is 12.5 Å². The highest BCUT2D eigenvalue weighted by Gasteiger charge is 2.25. The molecule has 0 aromatic rings. The molecular weight excluding hydrogens is 166 g/mol. The molecule has 0 saturated carbocycles. The molecule has 0 bridgehead atoms. The summed E-state index contributed by atoms with van der Waals surface area (Å²) in [4.78, 5) is 2.20. The second kappa shape index (κ2) is 3.55. The van der Waals surface area contributed by atoms with Crippen molar-refractivity contribution >= 4 is 28.4 Å². The monoisotopic (exact) mass is 177 g/mol. The molecule has 1 rings (SSSR count). The molecule has 1 saturated heterocycles. The molecule has 0 radical (unpaired) electrons. The fraction of sp³-hybridized carbons (Fsp3) is 0.833.